The molecule has 1 saturated heterocycles. The summed E-state index contributed by atoms with van der Waals surface area (Å²) < 4.78 is 5.07. The number of hydrogen-bond donors (Lipinski definition) is 1. The number of nitrogens with one attached hydrogen (secondary N) is 1. The normalized spacial score (nSPS) is 18.9. The molecular formula is C22H23ClN2O4. The molecule has 1 heterocycles. The Morgan fingerprint density at radius 3 is 2.38 bits per heavy atom. The van der Waals surface area contributed by atoms with Gasteiger partial charge in [0, 0.05) is 5.56 Å². The van der Waals surface area contributed by atoms with Crippen molar-refractivity contribution in [2.45, 2.75) is 32.2 Å². The zero-order valence-corrected chi connectivity index (χ0v) is 17.5. The maximum atomic E-state index is 13.0. The molecule has 2 aromatic carbocycles. The molecule has 7 heteroatoms. The third kappa shape index (κ3) is 3.85. The van der Waals surface area contributed by atoms with Gasteiger partial charge in [-0.15, -0.1) is 0 Å². The Morgan fingerprint density at radius 2 is 1.83 bits per heavy atom. The van der Waals surface area contributed by atoms with Crippen LogP contribution >= 0.6 is 11.6 Å². The maximum Gasteiger partial charge on any atom is 0.325 e. The van der Waals surface area contributed by atoms with Crippen LogP contribution in [-0.4, -0.2) is 36.3 Å². The van der Waals surface area contributed by atoms with E-state index in [1.54, 1.807) is 19.1 Å². The molecule has 0 aromatic heterocycles. The van der Waals surface area contributed by atoms with Crippen molar-refractivity contribution in [1.29, 1.82) is 0 Å². The zero-order chi connectivity index (χ0) is 21.3. The Labute approximate surface area is 174 Å². The lowest BCUT2D eigenvalue weighted by molar-refractivity contribution is -0.130. The highest BCUT2D eigenvalue weighted by molar-refractivity contribution is 6.32. The number of imide groups is 1. The topological polar surface area (TPSA) is 75.7 Å². The number of rotatable bonds is 6. The number of ether oxygens (including phenoxy) is 1. The van der Waals surface area contributed by atoms with E-state index in [0.29, 0.717) is 22.8 Å². The van der Waals surface area contributed by atoms with Crippen molar-refractivity contribution < 1.29 is 19.1 Å². The van der Waals surface area contributed by atoms with Crippen molar-refractivity contribution in [2.24, 2.45) is 0 Å². The van der Waals surface area contributed by atoms with Gasteiger partial charge in [-0.05, 0) is 42.2 Å². The Kier molecular flexibility index (Phi) is 5.66. The average molecular weight is 415 g/mol. The summed E-state index contributed by atoms with van der Waals surface area (Å²) in [6.45, 7) is 5.44. The van der Waals surface area contributed by atoms with Gasteiger partial charge in [-0.3, -0.25) is 14.5 Å². The molecule has 0 aliphatic carbocycles. The third-order valence-corrected chi connectivity index (χ3v) is 5.50. The lowest BCUT2D eigenvalue weighted by atomic mass is 9.90. The fourth-order valence-corrected chi connectivity index (χ4v) is 3.57. The number of urea groups is 1. The number of carbonyl (C=O) groups is 3. The van der Waals surface area contributed by atoms with Crippen molar-refractivity contribution in [3.63, 3.8) is 0 Å². The van der Waals surface area contributed by atoms with Crippen LogP contribution in [0.25, 0.3) is 0 Å². The first-order chi connectivity index (χ1) is 13.7. The van der Waals surface area contributed by atoms with Crippen molar-refractivity contribution in [3.8, 4) is 5.75 Å². The lowest BCUT2D eigenvalue weighted by Crippen LogP contribution is -2.41. The van der Waals surface area contributed by atoms with E-state index in [0.717, 1.165) is 10.5 Å². The van der Waals surface area contributed by atoms with Crippen LogP contribution < -0.4 is 10.1 Å². The van der Waals surface area contributed by atoms with Crippen LogP contribution in [0.5, 0.6) is 5.75 Å². The summed E-state index contributed by atoms with van der Waals surface area (Å²) in [6, 6.07) is 11.5. The number of Topliss-reactive ketones (excluding diaryl/α,β-unsaturated/α-hetero) is 1. The van der Waals surface area contributed by atoms with E-state index in [1.807, 2.05) is 24.3 Å². The van der Waals surface area contributed by atoms with Gasteiger partial charge in [-0.25, -0.2) is 4.79 Å². The van der Waals surface area contributed by atoms with Crippen molar-refractivity contribution >= 4 is 29.3 Å². The monoisotopic (exact) mass is 414 g/mol. The molecule has 1 aliphatic heterocycles. The first kappa shape index (κ1) is 20.9. The molecule has 1 atom stereocenters. The number of ketones is 1. The Balaban J connectivity index is 1.81. The highest BCUT2D eigenvalue weighted by atomic mass is 35.5. The molecule has 0 unspecified atom stereocenters. The molecule has 1 aliphatic rings. The number of halogens is 1. The maximum absolute atomic E-state index is 13.0. The van der Waals surface area contributed by atoms with Crippen LogP contribution in [0.15, 0.2) is 42.5 Å². The van der Waals surface area contributed by atoms with E-state index in [2.05, 4.69) is 19.2 Å². The van der Waals surface area contributed by atoms with Crippen LogP contribution in [-0.2, 0) is 10.3 Å². The van der Waals surface area contributed by atoms with Gasteiger partial charge in [0.25, 0.3) is 5.91 Å². The highest BCUT2D eigenvalue weighted by Gasteiger charge is 2.49. The number of benzene rings is 2. The second-order valence-corrected chi connectivity index (χ2v) is 7.90. The molecule has 0 spiro atoms. The van der Waals surface area contributed by atoms with Crippen LogP contribution in [0.1, 0.15) is 48.2 Å². The van der Waals surface area contributed by atoms with Gasteiger partial charge in [0.15, 0.2) is 5.78 Å². The summed E-state index contributed by atoms with van der Waals surface area (Å²) in [5, 5.41) is 3.00. The minimum absolute atomic E-state index is 0.283. The molecule has 29 heavy (non-hydrogen) atoms. The Morgan fingerprint density at radius 1 is 1.17 bits per heavy atom. The van der Waals surface area contributed by atoms with Crippen LogP contribution in [0.4, 0.5) is 4.79 Å². The van der Waals surface area contributed by atoms with E-state index < -0.39 is 23.3 Å². The zero-order valence-electron chi connectivity index (χ0n) is 16.8. The molecule has 1 fully saturated rings. The van der Waals surface area contributed by atoms with Crippen LogP contribution in [0, 0.1) is 0 Å². The number of carbonyl (C=O) groups excluding carboxylic acids is 3. The molecule has 0 saturated carbocycles. The van der Waals surface area contributed by atoms with Crippen LogP contribution in [0.3, 0.4) is 0 Å². The smallest absolute Gasteiger partial charge is 0.325 e. The quantitative estimate of drug-likeness (QED) is 0.569. The predicted molar refractivity (Wildman–Crippen MR) is 110 cm³/mol. The number of hydrogen-bond acceptors (Lipinski definition) is 4. The van der Waals surface area contributed by atoms with Gasteiger partial charge in [0.2, 0.25) is 0 Å². The lowest BCUT2D eigenvalue weighted by Gasteiger charge is -2.22. The molecular weight excluding hydrogens is 392 g/mol. The number of methoxy groups -OCH3 is 1. The van der Waals surface area contributed by atoms with E-state index in [4.69, 9.17) is 16.3 Å². The van der Waals surface area contributed by atoms with Gasteiger partial charge in [0.05, 0.1) is 18.7 Å². The summed E-state index contributed by atoms with van der Waals surface area (Å²) in [4.78, 5) is 39.1. The molecule has 1 N–H and O–H groups in total. The fourth-order valence-electron chi connectivity index (χ4n) is 3.31. The highest BCUT2D eigenvalue weighted by Crippen LogP contribution is 2.30. The fraction of sp³-hybridized carbons (Fsp3) is 0.318. The number of amides is 3. The minimum Gasteiger partial charge on any atom is -0.495 e. The first-order valence-electron chi connectivity index (χ1n) is 9.28. The van der Waals surface area contributed by atoms with Gasteiger partial charge in [-0.1, -0.05) is 49.7 Å². The van der Waals surface area contributed by atoms with E-state index >= 15 is 0 Å². The van der Waals surface area contributed by atoms with Crippen molar-refractivity contribution in [3.05, 3.63) is 64.2 Å². The molecule has 3 rings (SSSR count). The second kappa shape index (κ2) is 7.87. The molecule has 3 amide bonds. The van der Waals surface area contributed by atoms with E-state index in [9.17, 15) is 14.4 Å². The summed E-state index contributed by atoms with van der Waals surface area (Å²) >= 11 is 6.07. The second-order valence-electron chi connectivity index (χ2n) is 7.50. The Bertz CT molecular complexity index is 971. The van der Waals surface area contributed by atoms with Gasteiger partial charge < -0.3 is 10.1 Å². The molecule has 2 aromatic rings. The molecule has 152 valence electrons. The summed E-state index contributed by atoms with van der Waals surface area (Å²) in [5.41, 5.74) is 0.885. The standard InChI is InChI=1S/C22H23ClN2O4/c1-13(2)14-5-8-16(9-6-14)22(3)20(27)25(21(28)24-22)12-18(26)15-7-10-19(29-4)17(23)11-15/h5-11,13H,12H2,1-4H3,(H,24,28)/t22-/m0/s1. The molecule has 6 nitrogen and oxygen atoms in total. The van der Waals surface area contributed by atoms with E-state index in [1.165, 1.54) is 13.2 Å². The summed E-state index contributed by atoms with van der Waals surface area (Å²) in [6.07, 6.45) is 0. The minimum atomic E-state index is -1.22. The van der Waals surface area contributed by atoms with Crippen molar-refractivity contribution in [1.82, 2.24) is 10.2 Å². The van der Waals surface area contributed by atoms with E-state index in [-0.39, 0.29) is 11.6 Å². The van der Waals surface area contributed by atoms with Gasteiger partial charge in [-0.2, -0.15) is 0 Å². The summed E-state index contributed by atoms with van der Waals surface area (Å²) in [5.74, 6) is -0.0583. The van der Waals surface area contributed by atoms with Crippen LogP contribution in [0.2, 0.25) is 5.02 Å². The predicted octanol–water partition coefficient (Wildman–Crippen LogP) is 4.12. The Hall–Kier alpha value is -2.86. The molecule has 0 bridgehead atoms. The van der Waals surface area contributed by atoms with Gasteiger partial charge in [0.1, 0.15) is 11.3 Å². The molecule has 0 radical (unpaired) electrons. The average Bonchev–Trinajstić information content (AvgIpc) is 2.91. The summed E-state index contributed by atoms with van der Waals surface area (Å²) in [7, 11) is 1.48. The third-order valence-electron chi connectivity index (χ3n) is 5.21. The number of nitrogens with zero attached hydrogens (tertiary/aromatic N) is 1. The van der Waals surface area contributed by atoms with Gasteiger partial charge >= 0.3 is 6.03 Å². The SMILES string of the molecule is COc1ccc(C(=O)CN2C(=O)N[C@@](C)(c3ccc(C(C)C)cc3)C2=O)cc1Cl. The first-order valence-corrected chi connectivity index (χ1v) is 9.66. The van der Waals surface area contributed by atoms with Crippen molar-refractivity contribution in [2.75, 3.05) is 13.7 Å². The largest absolute Gasteiger partial charge is 0.495 e.